The van der Waals surface area contributed by atoms with E-state index in [2.05, 4.69) is 59.9 Å². The van der Waals surface area contributed by atoms with E-state index in [4.69, 9.17) is 0 Å². The Hall–Kier alpha value is -1.26. The highest BCUT2D eigenvalue weighted by Crippen LogP contribution is 2.19. The van der Waals surface area contributed by atoms with Crippen LogP contribution in [0.15, 0.2) is 41.6 Å². The molecule has 0 bridgehead atoms. The number of nitrogens with one attached hydrogen (secondary N) is 1. The molecule has 0 atom stereocenters. The number of nitrogens with zero attached hydrogens (tertiary/aromatic N) is 2. The lowest BCUT2D eigenvalue weighted by molar-refractivity contribution is 0.424. The van der Waals surface area contributed by atoms with E-state index in [0.717, 1.165) is 24.5 Å². The number of hydrogen-bond acceptors (Lipinski definition) is 3. The Balaban J connectivity index is 1.78. The fourth-order valence-corrected chi connectivity index (χ4v) is 2.82. The van der Waals surface area contributed by atoms with Crippen LogP contribution in [0.4, 0.5) is 0 Å². The second-order valence-corrected chi connectivity index (χ2v) is 7.47. The largest absolute Gasteiger partial charge is 0.338 e. The lowest BCUT2D eigenvalue weighted by atomic mass is 10.1. The molecule has 0 unspecified atom stereocenters. The van der Waals surface area contributed by atoms with Crippen LogP contribution in [0, 0.1) is 0 Å². The van der Waals surface area contributed by atoms with Gasteiger partial charge in [-0.2, -0.15) is 0 Å². The van der Waals surface area contributed by atoms with Crippen LogP contribution in [-0.2, 0) is 20.0 Å². The number of thioether (sulfide) groups is 1. The van der Waals surface area contributed by atoms with Crippen LogP contribution in [0.3, 0.4) is 0 Å². The molecule has 114 valence electrons. The zero-order valence-corrected chi connectivity index (χ0v) is 14.2. The highest BCUT2D eigenvalue weighted by atomic mass is 32.2. The molecule has 0 aliphatic heterocycles. The summed E-state index contributed by atoms with van der Waals surface area (Å²) in [5.74, 6) is 2.21. The Morgan fingerprint density at radius 3 is 2.48 bits per heavy atom. The summed E-state index contributed by atoms with van der Waals surface area (Å²) in [6.45, 7) is 7.49. The molecule has 0 saturated carbocycles. The number of benzene rings is 1. The topological polar surface area (TPSA) is 29.9 Å². The third-order valence-electron chi connectivity index (χ3n) is 3.26. The van der Waals surface area contributed by atoms with Crippen molar-refractivity contribution in [1.82, 2.24) is 14.9 Å². The van der Waals surface area contributed by atoms with Crippen LogP contribution < -0.4 is 5.32 Å². The van der Waals surface area contributed by atoms with E-state index in [0.29, 0.717) is 0 Å². The van der Waals surface area contributed by atoms with E-state index in [-0.39, 0.29) is 5.54 Å². The lowest BCUT2D eigenvalue weighted by Crippen LogP contribution is -2.35. The van der Waals surface area contributed by atoms with Crippen molar-refractivity contribution in [2.45, 2.75) is 44.2 Å². The van der Waals surface area contributed by atoms with E-state index < -0.39 is 0 Å². The first-order valence-corrected chi connectivity index (χ1v) is 8.35. The maximum Gasteiger partial charge on any atom is 0.109 e. The van der Waals surface area contributed by atoms with Gasteiger partial charge in [0.05, 0.1) is 0 Å². The van der Waals surface area contributed by atoms with Crippen LogP contribution in [0.25, 0.3) is 0 Å². The average molecular weight is 303 g/mol. The Kier molecular flexibility index (Phi) is 5.48. The van der Waals surface area contributed by atoms with Gasteiger partial charge < -0.3 is 9.88 Å². The second kappa shape index (κ2) is 7.14. The summed E-state index contributed by atoms with van der Waals surface area (Å²) in [4.78, 5) is 5.67. The number of rotatable bonds is 6. The first-order valence-electron chi connectivity index (χ1n) is 7.37. The first kappa shape index (κ1) is 16.1. The van der Waals surface area contributed by atoms with Gasteiger partial charge in [-0.05, 0) is 38.5 Å². The molecule has 0 aliphatic carbocycles. The summed E-state index contributed by atoms with van der Waals surface area (Å²) in [5, 5.41) is 3.51. The molecule has 0 saturated heterocycles. The molecule has 0 fully saturated rings. The Morgan fingerprint density at radius 1 is 1.19 bits per heavy atom. The van der Waals surface area contributed by atoms with Crippen molar-refractivity contribution in [1.29, 1.82) is 0 Å². The summed E-state index contributed by atoms with van der Waals surface area (Å²) < 4.78 is 2.09. The molecule has 1 aromatic heterocycles. The molecule has 1 N–H and O–H groups in total. The molecular weight excluding hydrogens is 278 g/mol. The molecule has 2 aromatic rings. The van der Waals surface area contributed by atoms with Crippen LogP contribution in [0.2, 0.25) is 0 Å². The molecule has 4 heteroatoms. The van der Waals surface area contributed by atoms with Crippen LogP contribution >= 0.6 is 11.8 Å². The molecule has 3 nitrogen and oxygen atoms in total. The number of hydrogen-bond donors (Lipinski definition) is 1. The molecule has 1 aromatic carbocycles. The summed E-state index contributed by atoms with van der Waals surface area (Å²) in [7, 11) is 2.05. The highest BCUT2D eigenvalue weighted by Gasteiger charge is 2.08. The zero-order chi connectivity index (χ0) is 15.3. The molecule has 21 heavy (non-hydrogen) atoms. The zero-order valence-electron chi connectivity index (χ0n) is 13.4. The van der Waals surface area contributed by atoms with Crippen molar-refractivity contribution in [2.24, 2.45) is 7.05 Å². The van der Waals surface area contributed by atoms with Gasteiger partial charge >= 0.3 is 0 Å². The molecule has 0 aliphatic rings. The number of imidazole rings is 1. The fraction of sp³-hybridized carbons (Fsp3) is 0.471. The van der Waals surface area contributed by atoms with Crippen molar-refractivity contribution in [3.05, 3.63) is 48.0 Å². The lowest BCUT2D eigenvalue weighted by Gasteiger charge is -2.20. The van der Waals surface area contributed by atoms with Gasteiger partial charge in [-0.25, -0.2) is 4.98 Å². The highest BCUT2D eigenvalue weighted by molar-refractivity contribution is 7.99. The fourth-order valence-electron chi connectivity index (χ4n) is 1.97. The SMILES string of the molecule is Cn1ccnc1CCSc1ccc(CNC(C)(C)C)cc1. The predicted molar refractivity (Wildman–Crippen MR) is 90.7 cm³/mol. The van der Waals surface area contributed by atoms with E-state index >= 15 is 0 Å². The van der Waals surface area contributed by atoms with Crippen molar-refractivity contribution in [2.75, 3.05) is 5.75 Å². The maximum absolute atomic E-state index is 4.35. The molecule has 2 rings (SSSR count). The molecule has 1 heterocycles. The van der Waals surface area contributed by atoms with E-state index in [1.54, 1.807) is 0 Å². The van der Waals surface area contributed by atoms with E-state index in [9.17, 15) is 0 Å². The maximum atomic E-state index is 4.35. The third-order valence-corrected chi connectivity index (χ3v) is 4.28. The smallest absolute Gasteiger partial charge is 0.109 e. The van der Waals surface area contributed by atoms with Crippen molar-refractivity contribution in [3.63, 3.8) is 0 Å². The van der Waals surface area contributed by atoms with Gasteiger partial charge in [0.15, 0.2) is 0 Å². The standard InChI is InChI=1S/C17H25N3S/c1-17(2,3)19-13-14-5-7-15(8-6-14)21-12-9-16-18-10-11-20(16)4/h5-8,10-11,19H,9,12-13H2,1-4H3. The predicted octanol–water partition coefficient (Wildman–Crippen LogP) is 3.64. The van der Waals surface area contributed by atoms with Gasteiger partial charge in [0.2, 0.25) is 0 Å². The first-order chi connectivity index (χ1) is 9.94. The summed E-state index contributed by atoms with van der Waals surface area (Å²) in [5.41, 5.74) is 1.49. The molecule has 0 amide bonds. The van der Waals surface area contributed by atoms with Crippen molar-refractivity contribution in [3.8, 4) is 0 Å². The normalized spacial score (nSPS) is 11.8. The Bertz CT molecular complexity index is 552. The summed E-state index contributed by atoms with van der Waals surface area (Å²) in [6.07, 6.45) is 4.86. The van der Waals surface area contributed by atoms with Crippen LogP contribution in [0.1, 0.15) is 32.2 Å². The average Bonchev–Trinajstić information content (AvgIpc) is 2.83. The summed E-state index contributed by atoms with van der Waals surface area (Å²) >= 11 is 1.89. The van der Waals surface area contributed by atoms with Crippen LogP contribution in [-0.4, -0.2) is 20.8 Å². The quantitative estimate of drug-likeness (QED) is 0.826. The summed E-state index contributed by atoms with van der Waals surface area (Å²) in [6, 6.07) is 8.84. The van der Waals surface area contributed by atoms with Crippen molar-refractivity contribution < 1.29 is 0 Å². The molecule has 0 radical (unpaired) electrons. The second-order valence-electron chi connectivity index (χ2n) is 6.30. The number of aryl methyl sites for hydroxylation is 2. The minimum atomic E-state index is 0.162. The van der Waals surface area contributed by atoms with Crippen LogP contribution in [0.5, 0.6) is 0 Å². The molecular formula is C17H25N3S. The monoisotopic (exact) mass is 303 g/mol. The Morgan fingerprint density at radius 2 is 1.90 bits per heavy atom. The van der Waals surface area contributed by atoms with Gasteiger partial charge in [0.25, 0.3) is 0 Å². The van der Waals surface area contributed by atoms with Gasteiger partial charge in [-0.3, -0.25) is 0 Å². The van der Waals surface area contributed by atoms with E-state index in [1.165, 1.54) is 10.5 Å². The van der Waals surface area contributed by atoms with Gasteiger partial charge in [-0.15, -0.1) is 11.8 Å². The van der Waals surface area contributed by atoms with Crippen molar-refractivity contribution >= 4 is 11.8 Å². The number of aromatic nitrogens is 2. The Labute approximate surface area is 132 Å². The molecule has 0 spiro atoms. The third kappa shape index (κ3) is 5.56. The van der Waals surface area contributed by atoms with Gasteiger partial charge in [-0.1, -0.05) is 12.1 Å². The van der Waals surface area contributed by atoms with E-state index in [1.807, 2.05) is 31.2 Å². The minimum absolute atomic E-state index is 0.162. The van der Waals surface area contributed by atoms with Gasteiger partial charge in [0.1, 0.15) is 5.82 Å². The van der Waals surface area contributed by atoms with Gasteiger partial charge in [0, 0.05) is 48.6 Å². The minimum Gasteiger partial charge on any atom is -0.338 e.